The van der Waals surface area contributed by atoms with Gasteiger partial charge in [-0.25, -0.2) is 0 Å². The minimum atomic E-state index is 0.601. The Hall–Kier alpha value is -0.760. The van der Waals surface area contributed by atoms with Crippen LogP contribution in [0.4, 0.5) is 0 Å². The van der Waals surface area contributed by atoms with E-state index in [1.807, 2.05) is 13.8 Å². The molecule has 1 saturated heterocycles. The van der Waals surface area contributed by atoms with Crippen molar-refractivity contribution in [3.8, 4) is 0 Å². The second kappa shape index (κ2) is 14.7. The predicted molar refractivity (Wildman–Crippen MR) is 64.4 cm³/mol. The maximum Gasteiger partial charge on any atom is 0.0810 e. The molecule has 14 heavy (non-hydrogen) atoms. The maximum absolute atomic E-state index is 5.07. The normalized spacial score (nSPS) is 16.6. The van der Waals surface area contributed by atoms with Crippen molar-refractivity contribution < 1.29 is 4.74 Å². The molecule has 0 saturated carbocycles. The first-order valence-electron chi connectivity index (χ1n) is 5.39. The van der Waals surface area contributed by atoms with Crippen LogP contribution in [0.15, 0.2) is 25.9 Å². The lowest BCUT2D eigenvalue weighted by Gasteiger charge is -1.97. The Morgan fingerprint density at radius 2 is 1.93 bits per heavy atom. The van der Waals surface area contributed by atoms with Gasteiger partial charge in [-0.15, -0.1) is 13.2 Å². The summed E-state index contributed by atoms with van der Waals surface area (Å²) >= 11 is 0. The van der Waals surface area contributed by atoms with E-state index in [1.165, 1.54) is 19.3 Å². The van der Waals surface area contributed by atoms with Crippen LogP contribution >= 0.6 is 0 Å². The van der Waals surface area contributed by atoms with Gasteiger partial charge in [0.1, 0.15) is 0 Å². The minimum Gasteiger partial charge on any atom is -0.391 e. The molecule has 0 aromatic rings. The zero-order valence-electron chi connectivity index (χ0n) is 9.72. The van der Waals surface area contributed by atoms with Gasteiger partial charge in [0.15, 0.2) is 0 Å². The van der Waals surface area contributed by atoms with E-state index < -0.39 is 0 Å². The third kappa shape index (κ3) is 13.8. The molecule has 0 aromatic carbocycles. The van der Waals surface area contributed by atoms with Crippen LogP contribution in [-0.4, -0.2) is 19.3 Å². The molecular weight excluding hydrogens is 174 g/mol. The van der Waals surface area contributed by atoms with Gasteiger partial charge in [0.05, 0.1) is 12.7 Å². The molecule has 1 aliphatic heterocycles. The molecule has 1 unspecified atom stereocenters. The first kappa shape index (κ1) is 15.7. The molecule has 2 heteroatoms. The molecule has 0 amide bonds. The van der Waals surface area contributed by atoms with Crippen LogP contribution in [0.2, 0.25) is 0 Å². The molecule has 1 fully saturated rings. The van der Waals surface area contributed by atoms with Crippen LogP contribution in [0, 0.1) is 0 Å². The Bertz CT molecular complexity index is 111. The number of hydrogen-bond donors (Lipinski definition) is 1. The lowest BCUT2D eigenvalue weighted by atomic mass is 10.2. The van der Waals surface area contributed by atoms with Crippen LogP contribution in [0.3, 0.4) is 0 Å². The summed E-state index contributed by atoms with van der Waals surface area (Å²) in [5, 5.41) is 3.07. The van der Waals surface area contributed by atoms with Gasteiger partial charge in [-0.2, -0.15) is 0 Å². The largest absolute Gasteiger partial charge is 0.391 e. The Morgan fingerprint density at radius 3 is 2.36 bits per heavy atom. The molecule has 0 spiro atoms. The molecule has 0 bridgehead atoms. The predicted octanol–water partition coefficient (Wildman–Crippen LogP) is 3.12. The van der Waals surface area contributed by atoms with Gasteiger partial charge in [0.25, 0.3) is 0 Å². The second-order valence-corrected chi connectivity index (χ2v) is 2.61. The first-order valence-corrected chi connectivity index (χ1v) is 5.39. The number of ether oxygens (including phenoxy) is 1. The van der Waals surface area contributed by atoms with Crippen LogP contribution < -0.4 is 5.32 Å². The summed E-state index contributed by atoms with van der Waals surface area (Å²) in [5.41, 5.74) is 0. The maximum atomic E-state index is 5.07. The van der Waals surface area contributed by atoms with Crippen molar-refractivity contribution >= 4 is 0 Å². The van der Waals surface area contributed by atoms with Crippen molar-refractivity contribution in [2.75, 3.05) is 13.2 Å². The highest BCUT2D eigenvalue weighted by atomic mass is 16.6. The monoisotopic (exact) mass is 199 g/mol. The highest BCUT2D eigenvalue weighted by Crippen LogP contribution is 2.15. The summed E-state index contributed by atoms with van der Waals surface area (Å²) in [7, 11) is 0. The van der Waals surface area contributed by atoms with Crippen LogP contribution in [0.5, 0.6) is 0 Å². The van der Waals surface area contributed by atoms with E-state index in [2.05, 4.69) is 25.1 Å². The fraction of sp³-hybridized carbons (Fsp3) is 0.667. The topological polar surface area (TPSA) is 24.6 Å². The molecule has 0 aliphatic carbocycles. The van der Waals surface area contributed by atoms with Gasteiger partial charge >= 0.3 is 0 Å². The van der Waals surface area contributed by atoms with Crippen LogP contribution in [0.25, 0.3) is 0 Å². The molecule has 1 rings (SSSR count). The van der Waals surface area contributed by atoms with Crippen LogP contribution in [-0.2, 0) is 4.74 Å². The molecular formula is C12H25NO. The van der Waals surface area contributed by atoms with Crippen molar-refractivity contribution in [1.29, 1.82) is 0 Å². The van der Waals surface area contributed by atoms with E-state index in [9.17, 15) is 0 Å². The molecule has 84 valence electrons. The Labute approximate surface area is 89.0 Å². The highest BCUT2D eigenvalue weighted by Gasteiger charge is 2.20. The number of epoxide rings is 1. The van der Waals surface area contributed by atoms with Gasteiger partial charge < -0.3 is 10.1 Å². The summed E-state index contributed by atoms with van der Waals surface area (Å²) in [4.78, 5) is 0. The average Bonchev–Trinajstić information content (AvgIpc) is 3.08. The minimum absolute atomic E-state index is 0.601. The van der Waals surface area contributed by atoms with Gasteiger partial charge in [0, 0.05) is 6.54 Å². The summed E-state index contributed by atoms with van der Waals surface area (Å²) < 4.78 is 5.07. The van der Waals surface area contributed by atoms with Crippen molar-refractivity contribution in [3.05, 3.63) is 25.9 Å². The van der Waals surface area contributed by atoms with Crippen molar-refractivity contribution in [2.45, 2.75) is 39.2 Å². The highest BCUT2D eigenvalue weighted by molar-refractivity contribution is 4.69. The molecule has 0 radical (unpaired) electrons. The molecule has 1 heterocycles. The molecule has 0 aromatic heterocycles. The summed E-state index contributed by atoms with van der Waals surface area (Å²) in [6.07, 6.45) is 6.08. The first-order chi connectivity index (χ1) is 6.93. The molecule has 2 nitrogen and oxygen atoms in total. The van der Waals surface area contributed by atoms with E-state index in [0.29, 0.717) is 6.10 Å². The van der Waals surface area contributed by atoms with Gasteiger partial charge in [-0.3, -0.25) is 0 Å². The second-order valence-electron chi connectivity index (χ2n) is 2.61. The van der Waals surface area contributed by atoms with E-state index in [4.69, 9.17) is 4.74 Å². The van der Waals surface area contributed by atoms with Gasteiger partial charge in [-0.05, 0) is 25.5 Å². The standard InChI is InChI=1S/C8H15NO.C2H6.C2H4/c1-2-9-6-4-3-5-8-7-10-8;2*1-2/h2,8-9H,1,3-7H2;1-2H3;1-2H2. The summed E-state index contributed by atoms with van der Waals surface area (Å²) in [5.74, 6) is 0. The van der Waals surface area contributed by atoms with E-state index in [1.54, 1.807) is 6.20 Å². The number of nitrogens with one attached hydrogen (secondary N) is 1. The zero-order valence-corrected chi connectivity index (χ0v) is 9.72. The third-order valence-electron chi connectivity index (χ3n) is 1.64. The molecule has 1 aliphatic rings. The number of unbranched alkanes of at least 4 members (excludes halogenated alkanes) is 1. The fourth-order valence-electron chi connectivity index (χ4n) is 0.936. The van der Waals surface area contributed by atoms with E-state index >= 15 is 0 Å². The van der Waals surface area contributed by atoms with Crippen molar-refractivity contribution in [3.63, 3.8) is 0 Å². The Morgan fingerprint density at radius 1 is 1.36 bits per heavy atom. The van der Waals surface area contributed by atoms with Gasteiger partial charge in [-0.1, -0.05) is 20.4 Å². The van der Waals surface area contributed by atoms with Crippen molar-refractivity contribution in [1.82, 2.24) is 5.32 Å². The van der Waals surface area contributed by atoms with E-state index in [-0.39, 0.29) is 0 Å². The SMILES string of the molecule is C=C.C=CNCCCCC1CO1.CC. The quantitative estimate of drug-likeness (QED) is 0.404. The molecule has 1 N–H and O–H groups in total. The zero-order chi connectivity index (χ0) is 11.2. The lowest BCUT2D eigenvalue weighted by molar-refractivity contribution is 0.389. The smallest absolute Gasteiger partial charge is 0.0810 e. The van der Waals surface area contributed by atoms with E-state index in [0.717, 1.165) is 13.2 Å². The lowest BCUT2D eigenvalue weighted by Crippen LogP contribution is -2.05. The van der Waals surface area contributed by atoms with Gasteiger partial charge in [0.2, 0.25) is 0 Å². The number of rotatable bonds is 6. The molecule has 1 atom stereocenters. The average molecular weight is 199 g/mol. The Balaban J connectivity index is 0. The fourth-order valence-corrected chi connectivity index (χ4v) is 0.936. The summed E-state index contributed by atoms with van der Waals surface area (Å²) in [6.45, 7) is 15.6. The van der Waals surface area contributed by atoms with Crippen LogP contribution in [0.1, 0.15) is 33.1 Å². The number of hydrogen-bond acceptors (Lipinski definition) is 2. The Kier molecular flexibility index (Phi) is 16.5. The third-order valence-corrected chi connectivity index (χ3v) is 1.64. The van der Waals surface area contributed by atoms with Crippen molar-refractivity contribution in [2.24, 2.45) is 0 Å². The summed E-state index contributed by atoms with van der Waals surface area (Å²) in [6, 6.07) is 0.